The molecule has 1 aliphatic heterocycles. The molecule has 6 heteroatoms. The molecule has 168 valence electrons. The number of hydrogen-bond acceptors (Lipinski definition) is 3. The number of hydrogen-bond donors (Lipinski definition) is 1. The van der Waals surface area contributed by atoms with Crippen molar-refractivity contribution in [3.05, 3.63) is 101 Å². The number of aromatic amines is 1. The van der Waals surface area contributed by atoms with Crippen molar-refractivity contribution in [2.75, 3.05) is 18.6 Å². The van der Waals surface area contributed by atoms with Gasteiger partial charge in [-0.3, -0.25) is 4.79 Å². The first kappa shape index (κ1) is 22.1. The first-order valence-electron chi connectivity index (χ1n) is 11.0. The zero-order chi connectivity index (χ0) is 22.8. The van der Waals surface area contributed by atoms with E-state index in [-0.39, 0.29) is 17.8 Å². The molecule has 1 unspecified atom stereocenters. The van der Waals surface area contributed by atoms with Gasteiger partial charge >= 0.3 is 0 Å². The molecule has 5 rings (SSSR count). The minimum Gasteiger partial charge on any atom is -0.356 e. The average Bonchev–Trinajstić information content (AvgIpc) is 3.23. The fourth-order valence-electron chi connectivity index (χ4n) is 4.56. The summed E-state index contributed by atoms with van der Waals surface area (Å²) < 4.78 is 13.2. The number of benzene rings is 3. The minimum atomic E-state index is -0.238. The van der Waals surface area contributed by atoms with Crippen molar-refractivity contribution in [3.63, 3.8) is 0 Å². The second kappa shape index (κ2) is 9.65. The molecule has 0 aliphatic carbocycles. The Hall–Kier alpha value is -2.70. The van der Waals surface area contributed by atoms with E-state index in [1.54, 1.807) is 35.7 Å². The van der Waals surface area contributed by atoms with Crippen LogP contribution in [0.1, 0.15) is 28.4 Å². The number of nitrogens with one attached hydrogen (secondary N) is 1. The number of aromatic nitrogens is 1. The van der Waals surface area contributed by atoms with Gasteiger partial charge in [0, 0.05) is 33.8 Å². The van der Waals surface area contributed by atoms with Gasteiger partial charge in [0.25, 0.3) is 0 Å². The van der Waals surface area contributed by atoms with Crippen LogP contribution in [0.2, 0.25) is 0 Å². The molecule has 1 amide bonds. The second-order valence-electron chi connectivity index (χ2n) is 8.19. The summed E-state index contributed by atoms with van der Waals surface area (Å²) in [5.74, 6) is 0.972. The average molecular weight is 477 g/mol. The summed E-state index contributed by atoms with van der Waals surface area (Å²) in [5.41, 5.74) is 5.70. The molecule has 0 radical (unpaired) electrons. The maximum Gasteiger partial charge on any atom is 0.233 e. The Morgan fingerprint density at radius 1 is 1.06 bits per heavy atom. The van der Waals surface area contributed by atoms with Crippen LogP contribution in [0.5, 0.6) is 0 Å². The van der Waals surface area contributed by atoms with E-state index in [2.05, 4.69) is 53.7 Å². The van der Waals surface area contributed by atoms with Crippen LogP contribution in [0, 0.1) is 5.82 Å². The number of nitrogens with zero attached hydrogens (tertiary/aromatic N) is 1. The standard InChI is InChI=1S/C27H25FN2OS2/c1-32-21-12-8-19(9-13-21)27-26-23(22-4-2-3-5-24(22)29-26)14-15-30(27)25(31)17-33-16-18-6-10-20(28)11-7-18/h2-13,27,29H,14-17H2,1H3. The molecule has 0 saturated heterocycles. The Bertz CT molecular complexity index is 1270. The van der Waals surface area contributed by atoms with E-state index < -0.39 is 0 Å². The van der Waals surface area contributed by atoms with Gasteiger partial charge in [0.1, 0.15) is 5.82 Å². The Morgan fingerprint density at radius 2 is 1.82 bits per heavy atom. The lowest BCUT2D eigenvalue weighted by Gasteiger charge is -2.36. The van der Waals surface area contributed by atoms with E-state index in [1.807, 2.05) is 11.0 Å². The summed E-state index contributed by atoms with van der Waals surface area (Å²) in [7, 11) is 0. The van der Waals surface area contributed by atoms with E-state index in [1.165, 1.54) is 28.0 Å². The summed E-state index contributed by atoms with van der Waals surface area (Å²) in [6, 6.07) is 23.3. The Balaban J connectivity index is 1.42. The number of rotatable bonds is 6. The molecule has 0 spiro atoms. The highest BCUT2D eigenvalue weighted by Gasteiger charge is 2.34. The number of amides is 1. The maximum absolute atomic E-state index is 13.4. The summed E-state index contributed by atoms with van der Waals surface area (Å²) >= 11 is 3.29. The highest BCUT2D eigenvalue weighted by molar-refractivity contribution is 7.99. The third-order valence-electron chi connectivity index (χ3n) is 6.19. The second-order valence-corrected chi connectivity index (χ2v) is 10.1. The number of halogens is 1. The van der Waals surface area contributed by atoms with E-state index in [0.29, 0.717) is 18.1 Å². The molecule has 0 saturated carbocycles. The lowest BCUT2D eigenvalue weighted by Crippen LogP contribution is -2.41. The van der Waals surface area contributed by atoms with Gasteiger partial charge in [-0.25, -0.2) is 4.39 Å². The van der Waals surface area contributed by atoms with Gasteiger partial charge in [-0.2, -0.15) is 0 Å². The van der Waals surface area contributed by atoms with Crippen molar-refractivity contribution in [2.24, 2.45) is 0 Å². The summed E-state index contributed by atoms with van der Waals surface area (Å²) in [6.45, 7) is 0.694. The molecule has 1 atom stereocenters. The third kappa shape index (κ3) is 4.55. The van der Waals surface area contributed by atoms with Gasteiger partial charge in [-0.05, 0) is 59.7 Å². The molecule has 1 aliphatic rings. The van der Waals surface area contributed by atoms with Crippen LogP contribution in [0.4, 0.5) is 4.39 Å². The molecule has 3 aromatic carbocycles. The fraction of sp³-hybridized carbons (Fsp3) is 0.222. The normalized spacial score (nSPS) is 15.6. The third-order valence-corrected chi connectivity index (χ3v) is 7.93. The number of carbonyl (C=O) groups is 1. The van der Waals surface area contributed by atoms with Crippen LogP contribution in [0.25, 0.3) is 10.9 Å². The Labute approximate surface area is 201 Å². The van der Waals surface area contributed by atoms with Gasteiger partial charge in [0.05, 0.1) is 11.8 Å². The molecule has 2 heterocycles. The van der Waals surface area contributed by atoms with Gasteiger partial charge in [0.15, 0.2) is 0 Å². The van der Waals surface area contributed by atoms with Crippen LogP contribution in [-0.2, 0) is 17.0 Å². The number of para-hydroxylation sites is 1. The summed E-state index contributed by atoms with van der Waals surface area (Å²) in [5, 5.41) is 1.25. The molecule has 33 heavy (non-hydrogen) atoms. The van der Waals surface area contributed by atoms with Crippen molar-refractivity contribution >= 4 is 40.3 Å². The highest BCUT2D eigenvalue weighted by atomic mass is 32.2. The summed E-state index contributed by atoms with van der Waals surface area (Å²) in [4.78, 5) is 20.3. The maximum atomic E-state index is 13.4. The van der Waals surface area contributed by atoms with Gasteiger partial charge < -0.3 is 9.88 Å². The Kier molecular flexibility index (Phi) is 6.47. The zero-order valence-electron chi connectivity index (χ0n) is 18.4. The molecule has 1 N–H and O–H groups in total. The van der Waals surface area contributed by atoms with Crippen LogP contribution >= 0.6 is 23.5 Å². The summed E-state index contributed by atoms with van der Waals surface area (Å²) in [6.07, 6.45) is 2.91. The van der Waals surface area contributed by atoms with Crippen molar-refractivity contribution in [3.8, 4) is 0 Å². The number of carbonyl (C=O) groups excluding carboxylic acids is 1. The number of H-pyrrole nitrogens is 1. The fourth-order valence-corrected chi connectivity index (χ4v) is 5.84. The van der Waals surface area contributed by atoms with E-state index >= 15 is 0 Å². The predicted molar refractivity (Wildman–Crippen MR) is 136 cm³/mol. The molecule has 4 aromatic rings. The van der Waals surface area contributed by atoms with E-state index in [4.69, 9.17) is 0 Å². The quantitative estimate of drug-likeness (QED) is 0.326. The van der Waals surface area contributed by atoms with Gasteiger partial charge in [-0.1, -0.05) is 42.5 Å². The molecule has 0 bridgehead atoms. The van der Waals surface area contributed by atoms with E-state index in [9.17, 15) is 9.18 Å². The van der Waals surface area contributed by atoms with Crippen LogP contribution < -0.4 is 0 Å². The SMILES string of the molecule is CSc1ccc(C2c3[nH]c4ccccc4c3CCN2C(=O)CSCc2ccc(F)cc2)cc1. The smallest absolute Gasteiger partial charge is 0.233 e. The molecule has 0 fully saturated rings. The topological polar surface area (TPSA) is 36.1 Å². The zero-order valence-corrected chi connectivity index (χ0v) is 20.0. The van der Waals surface area contributed by atoms with Gasteiger partial charge in [0.2, 0.25) is 5.91 Å². The van der Waals surface area contributed by atoms with Crippen LogP contribution in [0.3, 0.4) is 0 Å². The molecule has 1 aromatic heterocycles. The Morgan fingerprint density at radius 3 is 2.58 bits per heavy atom. The van der Waals surface area contributed by atoms with E-state index in [0.717, 1.165) is 28.8 Å². The predicted octanol–water partition coefficient (Wildman–Crippen LogP) is 6.44. The van der Waals surface area contributed by atoms with Crippen LogP contribution in [0.15, 0.2) is 77.7 Å². The minimum absolute atomic E-state index is 0.129. The van der Waals surface area contributed by atoms with Crippen molar-refractivity contribution < 1.29 is 9.18 Å². The number of thioether (sulfide) groups is 2. The monoisotopic (exact) mass is 476 g/mol. The number of fused-ring (bicyclic) bond motifs is 3. The first-order chi connectivity index (χ1) is 16.1. The molecular weight excluding hydrogens is 451 g/mol. The van der Waals surface area contributed by atoms with Crippen molar-refractivity contribution in [2.45, 2.75) is 23.1 Å². The van der Waals surface area contributed by atoms with Crippen LogP contribution in [-0.4, -0.2) is 34.3 Å². The largest absolute Gasteiger partial charge is 0.356 e. The lowest BCUT2D eigenvalue weighted by molar-refractivity contribution is -0.130. The lowest BCUT2D eigenvalue weighted by atomic mass is 9.92. The van der Waals surface area contributed by atoms with Gasteiger partial charge in [-0.15, -0.1) is 23.5 Å². The molecule has 3 nitrogen and oxygen atoms in total. The highest BCUT2D eigenvalue weighted by Crippen LogP contribution is 2.39. The first-order valence-corrected chi connectivity index (χ1v) is 13.4. The molecular formula is C27H25FN2OS2. The van der Waals surface area contributed by atoms with Crippen molar-refractivity contribution in [1.82, 2.24) is 9.88 Å². The van der Waals surface area contributed by atoms with Crippen molar-refractivity contribution in [1.29, 1.82) is 0 Å².